The van der Waals surface area contributed by atoms with Crippen LogP contribution in [0.25, 0.3) is 0 Å². The van der Waals surface area contributed by atoms with Gasteiger partial charge in [-0.05, 0) is 41.9 Å². The highest BCUT2D eigenvalue weighted by Crippen LogP contribution is 2.29. The van der Waals surface area contributed by atoms with Crippen molar-refractivity contribution in [3.05, 3.63) is 33.3 Å². The smallest absolute Gasteiger partial charge is 0.218 e. The Morgan fingerprint density at radius 3 is 2.80 bits per heavy atom. The number of nitrogens with zero attached hydrogens (tertiary/aromatic N) is 1. The molecule has 1 heterocycles. The molecule has 2 rings (SSSR count). The molecule has 1 aromatic rings. The van der Waals surface area contributed by atoms with Crippen molar-refractivity contribution < 1.29 is 4.74 Å². The van der Waals surface area contributed by atoms with Gasteiger partial charge < -0.3 is 4.74 Å². The zero-order valence-corrected chi connectivity index (χ0v) is 10.9. The molecule has 0 atom stereocenters. The van der Waals surface area contributed by atoms with Crippen molar-refractivity contribution in [3.63, 3.8) is 0 Å². The second-order valence-corrected chi connectivity index (χ2v) is 5.32. The first-order valence-corrected chi connectivity index (χ1v) is 5.84. The molecular weight excluding hydrogens is 277 g/mol. The van der Waals surface area contributed by atoms with E-state index in [1.165, 1.54) is 0 Å². The standard InChI is InChI=1S/C11H11BrClNO/c1-11(2)6-15-10(14-11)7-4-3-5-8(13)9(7)12/h3-5H,6H2,1-2H3. The number of halogens is 2. The molecule has 2 nitrogen and oxygen atoms in total. The quantitative estimate of drug-likeness (QED) is 0.773. The molecule has 0 saturated carbocycles. The fraction of sp³-hybridized carbons (Fsp3) is 0.364. The highest BCUT2D eigenvalue weighted by molar-refractivity contribution is 9.10. The Hall–Kier alpha value is -0.540. The Bertz CT molecular complexity index is 429. The minimum absolute atomic E-state index is 0.142. The van der Waals surface area contributed by atoms with E-state index in [1.54, 1.807) is 0 Å². The number of aliphatic imine (C=N–C) groups is 1. The third kappa shape index (κ3) is 2.18. The number of benzene rings is 1. The molecule has 0 spiro atoms. The summed E-state index contributed by atoms with van der Waals surface area (Å²) in [5.74, 6) is 0.661. The average Bonchev–Trinajstić information content (AvgIpc) is 2.51. The minimum atomic E-state index is -0.142. The maximum absolute atomic E-state index is 6.01. The first-order chi connectivity index (χ1) is 6.99. The fourth-order valence-corrected chi connectivity index (χ4v) is 2.00. The number of hydrogen-bond donors (Lipinski definition) is 0. The van der Waals surface area contributed by atoms with Crippen LogP contribution in [0.15, 0.2) is 27.7 Å². The summed E-state index contributed by atoms with van der Waals surface area (Å²) in [7, 11) is 0. The number of hydrogen-bond acceptors (Lipinski definition) is 2. The van der Waals surface area contributed by atoms with Crippen molar-refractivity contribution in [3.8, 4) is 0 Å². The maximum Gasteiger partial charge on any atom is 0.218 e. The summed E-state index contributed by atoms with van der Waals surface area (Å²) in [5.41, 5.74) is 0.768. The van der Waals surface area contributed by atoms with Crippen LogP contribution < -0.4 is 0 Å². The molecule has 0 aliphatic carbocycles. The summed E-state index contributed by atoms with van der Waals surface area (Å²) in [4.78, 5) is 4.50. The zero-order valence-electron chi connectivity index (χ0n) is 8.55. The molecule has 1 aliphatic heterocycles. The van der Waals surface area contributed by atoms with E-state index in [1.807, 2.05) is 32.0 Å². The van der Waals surface area contributed by atoms with Crippen LogP contribution >= 0.6 is 27.5 Å². The highest BCUT2D eigenvalue weighted by Gasteiger charge is 2.28. The summed E-state index contributed by atoms with van der Waals surface area (Å²) in [6, 6.07) is 5.66. The van der Waals surface area contributed by atoms with Crippen LogP contribution in [0.3, 0.4) is 0 Å². The fourth-order valence-electron chi connectivity index (χ4n) is 1.39. The summed E-state index contributed by atoms with van der Waals surface area (Å²) < 4.78 is 6.39. The van der Waals surface area contributed by atoms with Gasteiger partial charge in [0.2, 0.25) is 5.90 Å². The minimum Gasteiger partial charge on any atom is -0.475 e. The van der Waals surface area contributed by atoms with E-state index in [2.05, 4.69) is 20.9 Å². The Morgan fingerprint density at radius 1 is 1.47 bits per heavy atom. The summed E-state index contributed by atoms with van der Waals surface area (Å²) >= 11 is 9.44. The molecular formula is C11H11BrClNO. The molecule has 0 aromatic heterocycles. The first-order valence-electron chi connectivity index (χ1n) is 4.67. The molecule has 0 amide bonds. The van der Waals surface area contributed by atoms with E-state index in [-0.39, 0.29) is 5.54 Å². The van der Waals surface area contributed by atoms with Crippen molar-refractivity contribution in [1.82, 2.24) is 0 Å². The first kappa shape index (κ1) is 11.0. The Balaban J connectivity index is 2.44. The molecule has 4 heteroatoms. The van der Waals surface area contributed by atoms with Gasteiger partial charge in [0.05, 0.1) is 16.1 Å². The van der Waals surface area contributed by atoms with Crippen molar-refractivity contribution in [2.24, 2.45) is 4.99 Å². The normalized spacial score (nSPS) is 18.5. The lowest BCUT2D eigenvalue weighted by atomic mass is 10.1. The topological polar surface area (TPSA) is 21.6 Å². The van der Waals surface area contributed by atoms with Crippen molar-refractivity contribution >= 4 is 33.4 Å². The number of ether oxygens (including phenoxy) is 1. The second kappa shape index (κ2) is 3.80. The molecule has 0 radical (unpaired) electrons. The van der Waals surface area contributed by atoms with Crippen LogP contribution in [0.1, 0.15) is 19.4 Å². The van der Waals surface area contributed by atoms with Gasteiger partial charge in [0.15, 0.2) is 0 Å². The van der Waals surface area contributed by atoms with Crippen LogP contribution in [-0.4, -0.2) is 18.0 Å². The van der Waals surface area contributed by atoms with Crippen molar-refractivity contribution in [2.75, 3.05) is 6.61 Å². The van der Waals surface area contributed by atoms with Gasteiger partial charge in [-0.15, -0.1) is 0 Å². The van der Waals surface area contributed by atoms with Crippen LogP contribution in [0.5, 0.6) is 0 Å². The highest BCUT2D eigenvalue weighted by atomic mass is 79.9. The Morgan fingerprint density at radius 2 is 2.20 bits per heavy atom. The molecule has 0 unspecified atom stereocenters. The Kier molecular flexibility index (Phi) is 2.77. The van der Waals surface area contributed by atoms with Crippen LogP contribution in [0, 0.1) is 0 Å². The SMILES string of the molecule is CC1(C)COC(c2cccc(Cl)c2Br)=N1. The third-order valence-corrected chi connectivity index (χ3v) is 3.55. The van der Waals surface area contributed by atoms with Crippen LogP contribution in [-0.2, 0) is 4.74 Å². The van der Waals surface area contributed by atoms with Gasteiger partial charge in [-0.2, -0.15) is 0 Å². The molecule has 1 aliphatic rings. The van der Waals surface area contributed by atoms with E-state index in [0.717, 1.165) is 10.0 Å². The maximum atomic E-state index is 6.01. The lowest BCUT2D eigenvalue weighted by molar-refractivity contribution is 0.279. The number of rotatable bonds is 1. The molecule has 0 N–H and O–H groups in total. The zero-order chi connectivity index (χ0) is 11.1. The van der Waals surface area contributed by atoms with E-state index in [9.17, 15) is 0 Å². The van der Waals surface area contributed by atoms with E-state index < -0.39 is 0 Å². The average molecular weight is 289 g/mol. The molecule has 0 fully saturated rings. The van der Waals surface area contributed by atoms with E-state index in [4.69, 9.17) is 16.3 Å². The molecule has 80 valence electrons. The largest absolute Gasteiger partial charge is 0.475 e. The van der Waals surface area contributed by atoms with Crippen molar-refractivity contribution in [2.45, 2.75) is 19.4 Å². The van der Waals surface area contributed by atoms with Crippen LogP contribution in [0.4, 0.5) is 0 Å². The summed E-state index contributed by atoms with van der Waals surface area (Å²) in [6.45, 7) is 4.69. The van der Waals surface area contributed by atoms with Gasteiger partial charge in [-0.1, -0.05) is 17.7 Å². The van der Waals surface area contributed by atoms with Crippen molar-refractivity contribution in [1.29, 1.82) is 0 Å². The monoisotopic (exact) mass is 287 g/mol. The third-order valence-electron chi connectivity index (χ3n) is 2.15. The van der Waals surface area contributed by atoms with Gasteiger partial charge in [0, 0.05) is 4.47 Å². The predicted molar refractivity (Wildman–Crippen MR) is 65.7 cm³/mol. The lowest BCUT2D eigenvalue weighted by Crippen LogP contribution is -2.17. The Labute approximate surface area is 102 Å². The lowest BCUT2D eigenvalue weighted by Gasteiger charge is -2.07. The van der Waals surface area contributed by atoms with Gasteiger partial charge in [-0.3, -0.25) is 0 Å². The van der Waals surface area contributed by atoms with E-state index in [0.29, 0.717) is 17.5 Å². The van der Waals surface area contributed by atoms with Gasteiger partial charge in [0.25, 0.3) is 0 Å². The molecule has 15 heavy (non-hydrogen) atoms. The summed E-state index contributed by atoms with van der Waals surface area (Å²) in [5, 5.41) is 0.670. The molecule has 1 aromatic carbocycles. The molecule has 0 bridgehead atoms. The van der Waals surface area contributed by atoms with Gasteiger partial charge >= 0.3 is 0 Å². The van der Waals surface area contributed by atoms with Gasteiger partial charge in [0.1, 0.15) is 6.61 Å². The summed E-state index contributed by atoms with van der Waals surface area (Å²) in [6.07, 6.45) is 0. The second-order valence-electron chi connectivity index (χ2n) is 4.12. The predicted octanol–water partition coefficient (Wildman–Crippen LogP) is 3.66. The van der Waals surface area contributed by atoms with Crippen LogP contribution in [0.2, 0.25) is 5.02 Å². The molecule has 0 saturated heterocycles. The van der Waals surface area contributed by atoms with Gasteiger partial charge in [-0.25, -0.2) is 4.99 Å². The van der Waals surface area contributed by atoms with E-state index >= 15 is 0 Å².